The van der Waals surface area contributed by atoms with Crippen LogP contribution in [0, 0.1) is 13.8 Å². The number of hydrogen-bond acceptors (Lipinski definition) is 3. The first-order valence-corrected chi connectivity index (χ1v) is 6.52. The predicted molar refractivity (Wildman–Crippen MR) is 72.8 cm³/mol. The summed E-state index contributed by atoms with van der Waals surface area (Å²) in [5.74, 6) is 0.648. The number of methoxy groups -OCH3 is 1. The number of aryl methyl sites for hydroxylation is 1. The van der Waals surface area contributed by atoms with Crippen LogP contribution < -0.4 is 10.1 Å². The van der Waals surface area contributed by atoms with E-state index in [9.17, 15) is 4.79 Å². The maximum absolute atomic E-state index is 12.2. The second kappa shape index (κ2) is 5.29. The van der Waals surface area contributed by atoms with Gasteiger partial charge in [0.15, 0.2) is 5.78 Å². The van der Waals surface area contributed by atoms with Crippen LogP contribution in [-0.4, -0.2) is 25.5 Å². The first-order chi connectivity index (χ1) is 8.54. The van der Waals surface area contributed by atoms with Crippen molar-refractivity contribution in [3.8, 4) is 5.75 Å². The Morgan fingerprint density at radius 1 is 1.50 bits per heavy atom. The van der Waals surface area contributed by atoms with E-state index in [1.54, 1.807) is 7.11 Å². The molecule has 0 radical (unpaired) electrons. The van der Waals surface area contributed by atoms with Crippen molar-refractivity contribution in [3.05, 3.63) is 27.8 Å². The van der Waals surface area contributed by atoms with Gasteiger partial charge in [-0.05, 0) is 43.9 Å². The number of ketones is 1. The molecule has 0 atom stereocenters. The van der Waals surface area contributed by atoms with E-state index in [1.165, 1.54) is 0 Å². The van der Waals surface area contributed by atoms with Crippen molar-refractivity contribution < 1.29 is 9.53 Å². The maximum atomic E-state index is 12.2. The van der Waals surface area contributed by atoms with E-state index in [2.05, 4.69) is 5.32 Å². The lowest BCUT2D eigenvalue weighted by atomic mass is 10.0. The standard InChI is InChI=1S/C14H18ClNO2/c1-8-6-12(18-3)13(9(2)14(8)15)11(17)7-16-10-4-5-10/h6,10,16H,4-5,7H2,1-3H3. The Morgan fingerprint density at radius 2 is 2.17 bits per heavy atom. The van der Waals surface area contributed by atoms with Gasteiger partial charge in [-0.2, -0.15) is 0 Å². The van der Waals surface area contributed by atoms with Crippen molar-refractivity contribution in [2.24, 2.45) is 0 Å². The van der Waals surface area contributed by atoms with E-state index in [-0.39, 0.29) is 5.78 Å². The van der Waals surface area contributed by atoms with Crippen molar-refractivity contribution in [2.45, 2.75) is 32.7 Å². The fraction of sp³-hybridized carbons (Fsp3) is 0.500. The molecule has 4 heteroatoms. The third kappa shape index (κ3) is 2.68. The number of benzene rings is 1. The predicted octanol–water partition coefficient (Wildman–Crippen LogP) is 2.90. The van der Waals surface area contributed by atoms with E-state index in [4.69, 9.17) is 16.3 Å². The minimum Gasteiger partial charge on any atom is -0.496 e. The van der Waals surface area contributed by atoms with Crippen LogP contribution in [0.4, 0.5) is 0 Å². The lowest BCUT2D eigenvalue weighted by Crippen LogP contribution is -2.25. The number of rotatable bonds is 5. The molecule has 3 nitrogen and oxygen atoms in total. The molecule has 1 N–H and O–H groups in total. The van der Waals surface area contributed by atoms with Crippen molar-refractivity contribution in [1.29, 1.82) is 0 Å². The van der Waals surface area contributed by atoms with E-state index in [0.717, 1.165) is 24.0 Å². The van der Waals surface area contributed by atoms with Crippen LogP contribution in [0.3, 0.4) is 0 Å². The summed E-state index contributed by atoms with van der Waals surface area (Å²) in [6.07, 6.45) is 2.33. The van der Waals surface area contributed by atoms with Gasteiger partial charge in [0.2, 0.25) is 0 Å². The molecule has 0 aliphatic heterocycles. The summed E-state index contributed by atoms with van der Waals surface area (Å²) >= 11 is 6.20. The van der Waals surface area contributed by atoms with Gasteiger partial charge in [-0.1, -0.05) is 11.6 Å². The summed E-state index contributed by atoms with van der Waals surface area (Å²) in [5.41, 5.74) is 2.33. The number of hydrogen-bond donors (Lipinski definition) is 1. The fourth-order valence-corrected chi connectivity index (χ4v) is 2.19. The molecule has 0 amide bonds. The number of ether oxygens (including phenoxy) is 1. The summed E-state index contributed by atoms with van der Waals surface area (Å²) < 4.78 is 5.30. The first-order valence-electron chi connectivity index (χ1n) is 6.15. The van der Waals surface area contributed by atoms with E-state index in [1.807, 2.05) is 19.9 Å². The number of Topliss-reactive ketones (excluding diaryl/α,β-unsaturated/α-hetero) is 1. The van der Waals surface area contributed by atoms with Crippen LogP contribution in [0.5, 0.6) is 5.75 Å². The number of carbonyl (C=O) groups excluding carboxylic acids is 1. The average molecular weight is 268 g/mol. The molecule has 1 aliphatic rings. The Labute approximate surface area is 112 Å². The quantitative estimate of drug-likeness (QED) is 0.834. The fourth-order valence-electron chi connectivity index (χ4n) is 2.04. The Balaban J connectivity index is 2.28. The molecule has 1 saturated carbocycles. The SMILES string of the molecule is COc1cc(C)c(Cl)c(C)c1C(=O)CNC1CC1. The second-order valence-electron chi connectivity index (χ2n) is 4.79. The second-order valence-corrected chi connectivity index (χ2v) is 5.17. The molecule has 0 aromatic heterocycles. The zero-order valence-corrected chi connectivity index (χ0v) is 11.7. The smallest absolute Gasteiger partial charge is 0.180 e. The van der Waals surface area contributed by atoms with Gasteiger partial charge < -0.3 is 10.1 Å². The van der Waals surface area contributed by atoms with E-state index in [0.29, 0.717) is 28.9 Å². The van der Waals surface area contributed by atoms with Crippen molar-refractivity contribution >= 4 is 17.4 Å². The molecule has 0 unspecified atom stereocenters. The molecule has 1 aromatic carbocycles. The Kier molecular flexibility index (Phi) is 3.93. The third-order valence-corrected chi connectivity index (χ3v) is 3.85. The molecule has 1 aromatic rings. The van der Waals surface area contributed by atoms with Crippen LogP contribution in [0.2, 0.25) is 5.02 Å². The Hall–Kier alpha value is -1.06. The number of halogens is 1. The van der Waals surface area contributed by atoms with Gasteiger partial charge in [0.05, 0.1) is 19.2 Å². The molecule has 1 fully saturated rings. The summed E-state index contributed by atoms with van der Waals surface area (Å²) in [6, 6.07) is 2.33. The number of carbonyl (C=O) groups is 1. The molecular weight excluding hydrogens is 250 g/mol. The van der Waals surface area contributed by atoms with Crippen LogP contribution in [0.15, 0.2) is 6.07 Å². The largest absolute Gasteiger partial charge is 0.496 e. The first kappa shape index (κ1) is 13.4. The average Bonchev–Trinajstić information content (AvgIpc) is 3.16. The lowest BCUT2D eigenvalue weighted by Gasteiger charge is -2.14. The third-order valence-electron chi connectivity index (χ3n) is 3.27. The molecule has 1 aliphatic carbocycles. The van der Waals surface area contributed by atoms with Crippen molar-refractivity contribution in [2.75, 3.05) is 13.7 Å². The maximum Gasteiger partial charge on any atom is 0.180 e. The van der Waals surface area contributed by atoms with Gasteiger partial charge >= 0.3 is 0 Å². The minimum absolute atomic E-state index is 0.0400. The van der Waals surface area contributed by atoms with Crippen molar-refractivity contribution in [3.63, 3.8) is 0 Å². The van der Waals surface area contributed by atoms with Crippen LogP contribution in [-0.2, 0) is 0 Å². The van der Waals surface area contributed by atoms with Gasteiger partial charge in [-0.3, -0.25) is 4.79 Å². The highest BCUT2D eigenvalue weighted by molar-refractivity contribution is 6.32. The Morgan fingerprint density at radius 3 is 2.72 bits per heavy atom. The molecule has 0 heterocycles. The zero-order chi connectivity index (χ0) is 13.3. The van der Waals surface area contributed by atoms with Gasteiger partial charge in [0, 0.05) is 11.1 Å². The highest BCUT2D eigenvalue weighted by Crippen LogP contribution is 2.32. The topological polar surface area (TPSA) is 38.3 Å². The minimum atomic E-state index is 0.0400. The summed E-state index contributed by atoms with van der Waals surface area (Å²) in [4.78, 5) is 12.2. The lowest BCUT2D eigenvalue weighted by molar-refractivity contribution is 0.0987. The van der Waals surface area contributed by atoms with E-state index < -0.39 is 0 Å². The summed E-state index contributed by atoms with van der Waals surface area (Å²) in [6.45, 7) is 4.12. The van der Waals surface area contributed by atoms with Gasteiger partial charge in [-0.15, -0.1) is 0 Å². The highest BCUT2D eigenvalue weighted by Gasteiger charge is 2.24. The molecular formula is C14H18ClNO2. The van der Waals surface area contributed by atoms with Crippen LogP contribution >= 0.6 is 11.6 Å². The normalized spacial score (nSPS) is 14.7. The molecule has 98 valence electrons. The summed E-state index contributed by atoms with van der Waals surface area (Å²) in [5, 5.41) is 3.86. The van der Waals surface area contributed by atoms with Gasteiger partial charge in [0.1, 0.15) is 5.75 Å². The van der Waals surface area contributed by atoms with Crippen LogP contribution in [0.1, 0.15) is 34.3 Å². The molecule has 18 heavy (non-hydrogen) atoms. The van der Waals surface area contributed by atoms with Gasteiger partial charge in [-0.25, -0.2) is 0 Å². The number of nitrogens with one attached hydrogen (secondary N) is 1. The monoisotopic (exact) mass is 267 g/mol. The Bertz CT molecular complexity index is 481. The summed E-state index contributed by atoms with van der Waals surface area (Å²) in [7, 11) is 1.58. The van der Waals surface area contributed by atoms with Gasteiger partial charge in [0.25, 0.3) is 0 Å². The molecule has 0 bridgehead atoms. The van der Waals surface area contributed by atoms with Crippen LogP contribution in [0.25, 0.3) is 0 Å². The highest BCUT2D eigenvalue weighted by atomic mass is 35.5. The zero-order valence-electron chi connectivity index (χ0n) is 11.0. The molecule has 2 rings (SSSR count). The van der Waals surface area contributed by atoms with Crippen molar-refractivity contribution in [1.82, 2.24) is 5.32 Å². The van der Waals surface area contributed by atoms with E-state index >= 15 is 0 Å². The molecule has 0 saturated heterocycles. The molecule has 0 spiro atoms.